The van der Waals surface area contributed by atoms with Crippen molar-refractivity contribution in [1.29, 1.82) is 0 Å². The lowest BCUT2D eigenvalue weighted by Crippen LogP contribution is -2.63. The van der Waals surface area contributed by atoms with Gasteiger partial charge in [0.2, 0.25) is 11.8 Å². The van der Waals surface area contributed by atoms with Gasteiger partial charge in [0.05, 0.1) is 13.1 Å². The molecule has 5 atom stereocenters. The molecule has 0 aliphatic carbocycles. The molecule has 3 N–H and O–H groups in total. The zero-order chi connectivity index (χ0) is 21.9. The van der Waals surface area contributed by atoms with Crippen molar-refractivity contribution < 1.29 is 33.8 Å². The van der Waals surface area contributed by atoms with E-state index >= 15 is 0 Å². The van der Waals surface area contributed by atoms with Gasteiger partial charge in [0.1, 0.15) is 25.5 Å². The molecule has 2 saturated heterocycles. The number of carbonyl (C=O) groups excluding carboxylic acids is 4. The van der Waals surface area contributed by atoms with E-state index in [2.05, 4.69) is 10.6 Å². The predicted octanol–water partition coefficient (Wildman–Crippen LogP) is -0.965. The van der Waals surface area contributed by atoms with Gasteiger partial charge in [-0.15, -0.1) is 0 Å². The van der Waals surface area contributed by atoms with Crippen molar-refractivity contribution >= 4 is 31.7 Å². The molecule has 2 aliphatic rings. The summed E-state index contributed by atoms with van der Waals surface area (Å²) in [5.41, 5.74) is -0.769. The number of alkyl carbamates (subject to hydrolysis) is 1. The summed E-state index contributed by atoms with van der Waals surface area (Å²) in [4.78, 5) is 50.7. The number of nitrogens with one attached hydrogen (secondary N) is 2. The van der Waals surface area contributed by atoms with Crippen LogP contribution in [0.15, 0.2) is 0 Å². The Balaban J connectivity index is 2.07. The first-order chi connectivity index (χ1) is 13.5. The van der Waals surface area contributed by atoms with E-state index in [1.54, 1.807) is 20.8 Å². The van der Waals surface area contributed by atoms with Gasteiger partial charge < -0.3 is 30.1 Å². The Morgan fingerprint density at radius 2 is 1.97 bits per heavy atom. The van der Waals surface area contributed by atoms with Crippen molar-refractivity contribution in [3.05, 3.63) is 0 Å². The van der Waals surface area contributed by atoms with E-state index < -0.39 is 53.4 Å². The van der Waals surface area contributed by atoms with Gasteiger partial charge in [0.15, 0.2) is 0 Å². The lowest BCUT2D eigenvalue weighted by Gasteiger charge is -2.41. The lowest BCUT2D eigenvalue weighted by molar-refractivity contribution is -0.157. The molecule has 160 valence electrons. The predicted molar refractivity (Wildman–Crippen MR) is 102 cm³/mol. The van der Waals surface area contributed by atoms with Crippen molar-refractivity contribution in [1.82, 2.24) is 15.5 Å². The third-order valence-electron chi connectivity index (χ3n) is 5.03. The maximum Gasteiger partial charge on any atom is 0.407 e. The number of rotatable bonds is 5. The van der Waals surface area contributed by atoms with Crippen LogP contribution >= 0.6 is 0 Å². The zero-order valence-corrected chi connectivity index (χ0v) is 17.1. The summed E-state index contributed by atoms with van der Waals surface area (Å²) in [6.45, 7) is 4.66. The standard InChI is InChI=1S/C18H28BN3O7/c1-18(2,3)29-17(27)21-13(19)14(24)20-12-9(8-23)7-10-5-6-11(16(26)28-4)22(10)15(12)25/h9-13,23H,5-8H2,1-4H3,(H,20,24)(H,21,27)/t9-,10?,11+,12+,13?/m1/s1. The molecule has 2 unspecified atom stereocenters. The highest BCUT2D eigenvalue weighted by Gasteiger charge is 2.50. The molecule has 2 radical (unpaired) electrons. The van der Waals surface area contributed by atoms with E-state index in [4.69, 9.17) is 17.3 Å². The average Bonchev–Trinajstić information content (AvgIpc) is 3.05. The highest BCUT2D eigenvalue weighted by Crippen LogP contribution is 2.35. The van der Waals surface area contributed by atoms with Crippen LogP contribution in [0, 0.1) is 5.92 Å². The summed E-state index contributed by atoms with van der Waals surface area (Å²) >= 11 is 0. The SMILES string of the molecule is [B]C(NC(=O)OC(C)(C)C)C(=O)N[C@@H]1C(=O)N2C(CC[C@H]2C(=O)OC)C[C@@H]1CO. The molecule has 3 amide bonds. The van der Waals surface area contributed by atoms with Crippen LogP contribution in [0.3, 0.4) is 0 Å². The summed E-state index contributed by atoms with van der Waals surface area (Å²) in [5.74, 6) is -3.79. The molecular formula is C18H28BN3O7. The molecule has 0 saturated carbocycles. The first-order valence-electron chi connectivity index (χ1n) is 9.54. The molecule has 0 aromatic heterocycles. The molecule has 11 heteroatoms. The normalized spacial score (nSPS) is 27.6. The fraction of sp³-hybridized carbons (Fsp3) is 0.778. The van der Waals surface area contributed by atoms with E-state index in [1.807, 2.05) is 0 Å². The van der Waals surface area contributed by atoms with E-state index in [9.17, 15) is 24.3 Å². The Labute approximate surface area is 171 Å². The minimum atomic E-state index is -1.45. The van der Waals surface area contributed by atoms with Crippen molar-refractivity contribution in [2.45, 2.75) is 69.7 Å². The number of piperidine rings is 1. The number of nitrogens with zero attached hydrogens (tertiary/aromatic N) is 1. The molecule has 2 heterocycles. The Bertz CT molecular complexity index is 666. The van der Waals surface area contributed by atoms with E-state index in [-0.39, 0.29) is 12.6 Å². The maximum absolute atomic E-state index is 13.0. The molecule has 0 aromatic rings. The Morgan fingerprint density at radius 3 is 2.52 bits per heavy atom. The molecular weight excluding hydrogens is 381 g/mol. The lowest BCUT2D eigenvalue weighted by atomic mass is 9.86. The summed E-state index contributed by atoms with van der Waals surface area (Å²) in [6, 6.07) is -1.99. The molecule has 2 rings (SSSR count). The quantitative estimate of drug-likeness (QED) is 0.393. The second-order valence-electron chi connectivity index (χ2n) is 8.30. The van der Waals surface area contributed by atoms with Crippen LogP contribution in [0.25, 0.3) is 0 Å². The van der Waals surface area contributed by atoms with Crippen LogP contribution in [0.5, 0.6) is 0 Å². The van der Waals surface area contributed by atoms with Crippen LogP contribution in [0.4, 0.5) is 4.79 Å². The van der Waals surface area contributed by atoms with Gasteiger partial charge in [-0.2, -0.15) is 0 Å². The first-order valence-corrected chi connectivity index (χ1v) is 9.54. The summed E-state index contributed by atoms with van der Waals surface area (Å²) in [7, 11) is 6.96. The third-order valence-corrected chi connectivity index (χ3v) is 5.03. The van der Waals surface area contributed by atoms with Crippen LogP contribution in [0.1, 0.15) is 40.0 Å². The fourth-order valence-corrected chi connectivity index (χ4v) is 3.77. The van der Waals surface area contributed by atoms with E-state index in [0.29, 0.717) is 19.3 Å². The van der Waals surface area contributed by atoms with Crippen molar-refractivity contribution in [2.75, 3.05) is 13.7 Å². The van der Waals surface area contributed by atoms with Crippen LogP contribution in [-0.4, -0.2) is 85.1 Å². The Hall–Kier alpha value is -2.30. The number of ether oxygens (including phenoxy) is 2. The fourth-order valence-electron chi connectivity index (χ4n) is 3.77. The van der Waals surface area contributed by atoms with Crippen molar-refractivity contribution in [2.24, 2.45) is 5.92 Å². The number of esters is 1. The topological polar surface area (TPSA) is 134 Å². The van der Waals surface area contributed by atoms with Gasteiger partial charge in [0.25, 0.3) is 0 Å². The van der Waals surface area contributed by atoms with E-state index in [0.717, 1.165) is 0 Å². The number of amides is 3. The second-order valence-corrected chi connectivity index (χ2v) is 8.30. The monoisotopic (exact) mass is 409 g/mol. The van der Waals surface area contributed by atoms with Gasteiger partial charge in [-0.3, -0.25) is 9.59 Å². The van der Waals surface area contributed by atoms with Crippen molar-refractivity contribution in [3.8, 4) is 0 Å². The molecule has 2 fully saturated rings. The van der Waals surface area contributed by atoms with E-state index in [1.165, 1.54) is 12.0 Å². The summed E-state index contributed by atoms with van der Waals surface area (Å²) < 4.78 is 9.82. The van der Waals surface area contributed by atoms with Gasteiger partial charge in [0, 0.05) is 18.6 Å². The van der Waals surface area contributed by atoms with Crippen LogP contribution in [0.2, 0.25) is 0 Å². The molecule has 0 aromatic carbocycles. The third kappa shape index (κ3) is 5.40. The highest BCUT2D eigenvalue weighted by atomic mass is 16.6. The largest absolute Gasteiger partial charge is 0.467 e. The number of fused-ring (bicyclic) bond motifs is 1. The Kier molecular flexibility index (Phi) is 7.15. The van der Waals surface area contributed by atoms with Gasteiger partial charge in [-0.1, -0.05) is 0 Å². The van der Waals surface area contributed by atoms with Gasteiger partial charge in [-0.25, -0.2) is 9.59 Å². The smallest absolute Gasteiger partial charge is 0.407 e. The first kappa shape index (κ1) is 23.0. The number of carbonyl (C=O) groups is 4. The zero-order valence-electron chi connectivity index (χ0n) is 17.1. The number of aliphatic hydroxyl groups is 1. The minimum Gasteiger partial charge on any atom is -0.467 e. The molecule has 2 aliphatic heterocycles. The van der Waals surface area contributed by atoms with Crippen LogP contribution in [-0.2, 0) is 23.9 Å². The number of hydrogen-bond donors (Lipinski definition) is 3. The number of hydrogen-bond acceptors (Lipinski definition) is 7. The second kappa shape index (κ2) is 9.02. The molecule has 10 nitrogen and oxygen atoms in total. The maximum atomic E-state index is 13.0. The van der Waals surface area contributed by atoms with Gasteiger partial charge in [-0.05, 0) is 40.0 Å². The molecule has 29 heavy (non-hydrogen) atoms. The minimum absolute atomic E-state index is 0.203. The van der Waals surface area contributed by atoms with Crippen molar-refractivity contribution in [3.63, 3.8) is 0 Å². The summed E-state index contributed by atoms with van der Waals surface area (Å²) in [5, 5.41) is 14.4. The average molecular weight is 409 g/mol. The highest BCUT2D eigenvalue weighted by molar-refractivity contribution is 6.25. The summed E-state index contributed by atoms with van der Waals surface area (Å²) in [6.07, 6.45) is 0.624. The molecule has 0 bridgehead atoms. The van der Waals surface area contributed by atoms with Gasteiger partial charge >= 0.3 is 12.1 Å². The van der Waals surface area contributed by atoms with Crippen LogP contribution < -0.4 is 10.6 Å². The molecule has 0 spiro atoms. The number of methoxy groups -OCH3 is 1. The Morgan fingerprint density at radius 1 is 1.31 bits per heavy atom. The number of aliphatic hydroxyl groups excluding tert-OH is 1.